The van der Waals surface area contributed by atoms with Gasteiger partial charge in [-0.1, -0.05) is 33.6 Å². The van der Waals surface area contributed by atoms with Crippen molar-refractivity contribution < 1.29 is 0 Å². The van der Waals surface area contributed by atoms with Crippen LogP contribution in [0.3, 0.4) is 0 Å². The minimum Gasteiger partial charge on any atom is -0.303 e. The Morgan fingerprint density at radius 1 is 1.32 bits per heavy atom. The Labute approximate surface area is 127 Å². The molecule has 110 valence electrons. The van der Waals surface area contributed by atoms with E-state index in [-0.39, 0.29) is 0 Å². The van der Waals surface area contributed by atoms with E-state index in [1.807, 2.05) is 0 Å². The third-order valence-electron chi connectivity index (χ3n) is 3.72. The molecule has 0 aliphatic carbocycles. The van der Waals surface area contributed by atoms with Gasteiger partial charge in [0.2, 0.25) is 0 Å². The first kappa shape index (κ1) is 16.9. The van der Waals surface area contributed by atoms with Crippen molar-refractivity contribution in [3.63, 3.8) is 0 Å². The highest BCUT2D eigenvalue weighted by atomic mass is 35.5. The van der Waals surface area contributed by atoms with Crippen molar-refractivity contribution in [1.82, 2.24) is 9.88 Å². The van der Waals surface area contributed by atoms with E-state index in [4.69, 9.17) is 11.6 Å². The van der Waals surface area contributed by atoms with E-state index >= 15 is 0 Å². The smallest absolute Gasteiger partial charge is 0.0929 e. The van der Waals surface area contributed by atoms with Crippen LogP contribution in [-0.4, -0.2) is 29.5 Å². The zero-order valence-electron chi connectivity index (χ0n) is 12.5. The molecule has 0 saturated heterocycles. The second kappa shape index (κ2) is 9.73. The number of aryl methyl sites for hydroxylation is 1. The Balaban J connectivity index is 2.28. The highest BCUT2D eigenvalue weighted by molar-refractivity contribution is 7.09. The molecule has 0 aromatic carbocycles. The van der Waals surface area contributed by atoms with Crippen molar-refractivity contribution >= 4 is 22.9 Å². The molecular weight excluding hydrogens is 276 g/mol. The summed E-state index contributed by atoms with van der Waals surface area (Å²) in [6, 6.07) is 0. The number of thiazole rings is 1. The number of alkyl halides is 1. The minimum absolute atomic E-state index is 0.534. The van der Waals surface area contributed by atoms with Crippen LogP contribution in [0.1, 0.15) is 50.7 Å². The van der Waals surface area contributed by atoms with Crippen LogP contribution in [0, 0.1) is 5.92 Å². The van der Waals surface area contributed by atoms with E-state index < -0.39 is 0 Å². The van der Waals surface area contributed by atoms with Gasteiger partial charge >= 0.3 is 0 Å². The molecule has 2 nitrogen and oxygen atoms in total. The van der Waals surface area contributed by atoms with E-state index in [9.17, 15) is 0 Å². The summed E-state index contributed by atoms with van der Waals surface area (Å²) in [6.45, 7) is 10.4. The second-order valence-corrected chi connectivity index (χ2v) is 6.26. The maximum Gasteiger partial charge on any atom is 0.0929 e. The number of hydrogen-bond acceptors (Lipinski definition) is 3. The summed E-state index contributed by atoms with van der Waals surface area (Å²) < 4.78 is 0. The van der Waals surface area contributed by atoms with Crippen molar-refractivity contribution in [2.24, 2.45) is 5.92 Å². The van der Waals surface area contributed by atoms with E-state index in [1.54, 1.807) is 11.3 Å². The van der Waals surface area contributed by atoms with Crippen LogP contribution >= 0.6 is 22.9 Å². The molecule has 0 aliphatic heterocycles. The molecule has 0 N–H and O–H groups in total. The maximum atomic E-state index is 5.77. The van der Waals surface area contributed by atoms with E-state index in [1.165, 1.54) is 37.4 Å². The molecule has 0 saturated carbocycles. The molecule has 0 atom stereocenters. The summed E-state index contributed by atoms with van der Waals surface area (Å²) in [4.78, 5) is 7.09. The Morgan fingerprint density at radius 3 is 2.58 bits per heavy atom. The molecule has 0 bridgehead atoms. The van der Waals surface area contributed by atoms with Gasteiger partial charge in [0, 0.05) is 18.3 Å². The Bertz CT molecular complexity index is 337. The Hall–Kier alpha value is -0.120. The van der Waals surface area contributed by atoms with Crippen molar-refractivity contribution in [1.29, 1.82) is 0 Å². The topological polar surface area (TPSA) is 16.1 Å². The van der Waals surface area contributed by atoms with Crippen molar-refractivity contribution in [2.75, 3.05) is 19.6 Å². The number of halogens is 1. The lowest BCUT2D eigenvalue weighted by Gasteiger charge is -2.24. The second-order valence-electron chi connectivity index (χ2n) is 5.05. The first-order chi connectivity index (χ1) is 9.23. The summed E-state index contributed by atoms with van der Waals surface area (Å²) in [5, 5.41) is 3.30. The fraction of sp³-hybridized carbons (Fsp3) is 0.800. The first-order valence-corrected chi connectivity index (χ1v) is 8.86. The molecule has 19 heavy (non-hydrogen) atoms. The summed E-state index contributed by atoms with van der Waals surface area (Å²) >= 11 is 7.51. The number of rotatable bonds is 10. The van der Waals surface area contributed by atoms with Gasteiger partial charge in [-0.15, -0.1) is 22.9 Å². The molecule has 0 spiro atoms. The van der Waals surface area contributed by atoms with Gasteiger partial charge in [0.15, 0.2) is 0 Å². The third-order valence-corrected chi connectivity index (χ3v) is 4.95. The predicted octanol–water partition coefficient (Wildman–Crippen LogP) is 4.57. The van der Waals surface area contributed by atoms with Crippen LogP contribution in [0.25, 0.3) is 0 Å². The van der Waals surface area contributed by atoms with Crippen molar-refractivity contribution in [2.45, 2.75) is 52.3 Å². The van der Waals surface area contributed by atoms with Crippen LogP contribution < -0.4 is 0 Å². The highest BCUT2D eigenvalue weighted by Gasteiger charge is 2.10. The van der Waals surface area contributed by atoms with Crippen LogP contribution in [0.2, 0.25) is 0 Å². The van der Waals surface area contributed by atoms with E-state index in [2.05, 4.69) is 36.0 Å². The van der Waals surface area contributed by atoms with Gasteiger partial charge < -0.3 is 4.90 Å². The Kier molecular flexibility index (Phi) is 8.67. The molecule has 1 heterocycles. The average Bonchev–Trinajstić information content (AvgIpc) is 2.90. The summed E-state index contributed by atoms with van der Waals surface area (Å²) in [6.07, 6.45) is 4.86. The Morgan fingerprint density at radius 2 is 2.05 bits per heavy atom. The molecule has 0 amide bonds. The van der Waals surface area contributed by atoms with E-state index in [0.717, 1.165) is 24.6 Å². The molecule has 0 radical (unpaired) electrons. The van der Waals surface area contributed by atoms with Gasteiger partial charge in [-0.2, -0.15) is 0 Å². The van der Waals surface area contributed by atoms with Gasteiger partial charge in [-0.3, -0.25) is 0 Å². The summed E-state index contributed by atoms with van der Waals surface area (Å²) in [5.41, 5.74) is 1.02. The predicted molar refractivity (Wildman–Crippen MR) is 86.2 cm³/mol. The lowest BCUT2D eigenvalue weighted by Crippen LogP contribution is -2.30. The molecule has 0 fully saturated rings. The lowest BCUT2D eigenvalue weighted by atomic mass is 10.0. The monoisotopic (exact) mass is 302 g/mol. The van der Waals surface area contributed by atoms with Crippen LogP contribution in [0.4, 0.5) is 0 Å². The largest absolute Gasteiger partial charge is 0.303 e. The molecule has 1 aromatic rings. The fourth-order valence-electron chi connectivity index (χ4n) is 2.27. The molecule has 1 rings (SSSR count). The number of nitrogens with zero attached hydrogens (tertiary/aromatic N) is 2. The van der Waals surface area contributed by atoms with Gasteiger partial charge in [-0.05, 0) is 25.4 Å². The zero-order chi connectivity index (χ0) is 14.1. The molecule has 1 aromatic heterocycles. The van der Waals surface area contributed by atoms with Crippen molar-refractivity contribution in [3.8, 4) is 0 Å². The zero-order valence-corrected chi connectivity index (χ0v) is 14.1. The fourth-order valence-corrected chi connectivity index (χ4v) is 3.34. The van der Waals surface area contributed by atoms with Crippen molar-refractivity contribution in [3.05, 3.63) is 16.1 Å². The molecule has 0 aliphatic rings. The van der Waals surface area contributed by atoms with Gasteiger partial charge in [0.25, 0.3) is 0 Å². The third kappa shape index (κ3) is 6.24. The maximum absolute atomic E-state index is 5.77. The van der Waals surface area contributed by atoms with Gasteiger partial charge in [0.05, 0.1) is 16.6 Å². The number of aromatic nitrogens is 1. The highest BCUT2D eigenvalue weighted by Crippen LogP contribution is 2.14. The first-order valence-electron chi connectivity index (χ1n) is 7.44. The SMILES string of the molecule is CCC(CC)CN(CC)CCCc1nc(CCl)cs1. The minimum atomic E-state index is 0.534. The molecule has 4 heteroatoms. The standard InChI is InChI=1S/C15H27ClN2S/c1-4-13(5-2)11-18(6-3)9-7-8-15-17-14(10-16)12-19-15/h12-13H,4-11H2,1-3H3. The number of hydrogen-bond donors (Lipinski definition) is 0. The van der Waals surface area contributed by atoms with Crippen LogP contribution in [0.5, 0.6) is 0 Å². The van der Waals surface area contributed by atoms with Crippen LogP contribution in [-0.2, 0) is 12.3 Å². The van der Waals surface area contributed by atoms with Gasteiger partial charge in [0.1, 0.15) is 0 Å². The normalized spacial score (nSPS) is 11.7. The van der Waals surface area contributed by atoms with E-state index in [0.29, 0.717) is 5.88 Å². The quantitative estimate of drug-likeness (QED) is 0.588. The average molecular weight is 303 g/mol. The van der Waals surface area contributed by atoms with Crippen LogP contribution in [0.15, 0.2) is 5.38 Å². The molecular formula is C15H27ClN2S. The van der Waals surface area contributed by atoms with Gasteiger partial charge in [-0.25, -0.2) is 4.98 Å². The lowest BCUT2D eigenvalue weighted by molar-refractivity contribution is 0.231. The molecule has 0 unspecified atom stereocenters. The summed E-state index contributed by atoms with van der Waals surface area (Å²) in [5.74, 6) is 1.38. The summed E-state index contributed by atoms with van der Waals surface area (Å²) in [7, 11) is 0.